The Labute approximate surface area is 94.1 Å². The highest BCUT2D eigenvalue weighted by Gasteiger charge is 2.06. The maximum atomic E-state index is 5.62. The quantitative estimate of drug-likeness (QED) is 0.845. The molecule has 4 nitrogen and oxygen atoms in total. The molecule has 0 saturated carbocycles. The summed E-state index contributed by atoms with van der Waals surface area (Å²) < 4.78 is 5.17. The highest BCUT2D eigenvalue weighted by molar-refractivity contribution is 5.63. The second kappa shape index (κ2) is 4.72. The van der Waals surface area contributed by atoms with Gasteiger partial charge in [-0.3, -0.25) is 9.97 Å². The first kappa shape index (κ1) is 10.6. The molecule has 0 radical (unpaired) electrons. The number of nitrogens with zero attached hydrogens (tertiary/aromatic N) is 2. The number of ether oxygens (including phenoxy) is 1. The van der Waals surface area contributed by atoms with Crippen LogP contribution in [0.15, 0.2) is 36.7 Å². The van der Waals surface area contributed by atoms with E-state index in [0.717, 1.165) is 22.7 Å². The smallest absolute Gasteiger partial charge is 0.119 e. The molecule has 0 unspecified atom stereocenters. The fourth-order valence-corrected chi connectivity index (χ4v) is 1.53. The predicted octanol–water partition coefficient (Wildman–Crippen LogP) is 1.61. The zero-order chi connectivity index (χ0) is 11.4. The van der Waals surface area contributed by atoms with E-state index in [1.54, 1.807) is 19.5 Å². The van der Waals surface area contributed by atoms with Crippen LogP contribution in [0.4, 0.5) is 0 Å². The first-order valence-corrected chi connectivity index (χ1v) is 4.99. The lowest BCUT2D eigenvalue weighted by Gasteiger charge is -2.06. The van der Waals surface area contributed by atoms with Gasteiger partial charge in [0.1, 0.15) is 5.75 Å². The minimum atomic E-state index is 0.375. The molecule has 82 valence electrons. The van der Waals surface area contributed by atoms with Crippen molar-refractivity contribution in [1.82, 2.24) is 9.97 Å². The number of benzene rings is 1. The maximum absolute atomic E-state index is 5.62. The number of methoxy groups -OCH3 is 1. The van der Waals surface area contributed by atoms with E-state index in [2.05, 4.69) is 9.97 Å². The van der Waals surface area contributed by atoms with E-state index in [4.69, 9.17) is 10.5 Å². The van der Waals surface area contributed by atoms with Crippen LogP contribution in [-0.4, -0.2) is 17.1 Å². The number of aromatic nitrogens is 2. The van der Waals surface area contributed by atoms with Crippen molar-refractivity contribution >= 4 is 0 Å². The second-order valence-electron chi connectivity index (χ2n) is 3.29. The van der Waals surface area contributed by atoms with Crippen molar-refractivity contribution < 1.29 is 4.74 Å². The summed E-state index contributed by atoms with van der Waals surface area (Å²) in [6.07, 6.45) is 3.31. The monoisotopic (exact) mass is 215 g/mol. The molecule has 2 aromatic rings. The average Bonchev–Trinajstić information content (AvgIpc) is 2.38. The molecular formula is C12H13N3O. The Hall–Kier alpha value is -1.94. The van der Waals surface area contributed by atoms with Crippen LogP contribution in [0.1, 0.15) is 5.69 Å². The van der Waals surface area contributed by atoms with E-state index in [-0.39, 0.29) is 0 Å². The lowest BCUT2D eigenvalue weighted by atomic mass is 10.1. The van der Waals surface area contributed by atoms with Gasteiger partial charge >= 0.3 is 0 Å². The molecule has 2 N–H and O–H groups in total. The molecule has 0 fully saturated rings. The molecule has 0 spiro atoms. The summed E-state index contributed by atoms with van der Waals surface area (Å²) in [4.78, 5) is 8.50. The molecular weight excluding hydrogens is 202 g/mol. The Kier molecular flexibility index (Phi) is 3.12. The molecule has 2 rings (SSSR count). The van der Waals surface area contributed by atoms with Crippen LogP contribution in [0.25, 0.3) is 11.3 Å². The topological polar surface area (TPSA) is 61.0 Å². The molecule has 0 aliphatic rings. The first-order chi connectivity index (χ1) is 7.85. The summed E-state index contributed by atoms with van der Waals surface area (Å²) in [6.45, 7) is 0.375. The average molecular weight is 215 g/mol. The van der Waals surface area contributed by atoms with Gasteiger partial charge in [-0.25, -0.2) is 0 Å². The van der Waals surface area contributed by atoms with Crippen molar-refractivity contribution in [2.45, 2.75) is 6.54 Å². The molecule has 1 aromatic heterocycles. The summed E-state index contributed by atoms with van der Waals surface area (Å²) in [5, 5.41) is 0. The number of rotatable bonds is 3. The van der Waals surface area contributed by atoms with Crippen LogP contribution in [-0.2, 0) is 6.54 Å². The van der Waals surface area contributed by atoms with Crippen LogP contribution < -0.4 is 10.5 Å². The highest BCUT2D eigenvalue weighted by Crippen LogP contribution is 2.23. The zero-order valence-electron chi connectivity index (χ0n) is 9.05. The van der Waals surface area contributed by atoms with Crippen molar-refractivity contribution in [3.8, 4) is 17.0 Å². The molecule has 1 aromatic carbocycles. The maximum Gasteiger partial charge on any atom is 0.119 e. The third-order valence-electron chi connectivity index (χ3n) is 2.31. The minimum Gasteiger partial charge on any atom is -0.497 e. The minimum absolute atomic E-state index is 0.375. The van der Waals surface area contributed by atoms with E-state index in [9.17, 15) is 0 Å². The molecule has 0 aliphatic heterocycles. The van der Waals surface area contributed by atoms with Crippen molar-refractivity contribution in [3.63, 3.8) is 0 Å². The van der Waals surface area contributed by atoms with Crippen LogP contribution in [0.2, 0.25) is 0 Å². The molecule has 4 heteroatoms. The third kappa shape index (κ3) is 2.01. The van der Waals surface area contributed by atoms with Gasteiger partial charge in [0.05, 0.1) is 18.5 Å². The number of hydrogen-bond donors (Lipinski definition) is 1. The summed E-state index contributed by atoms with van der Waals surface area (Å²) >= 11 is 0. The van der Waals surface area contributed by atoms with Crippen molar-refractivity contribution in [3.05, 3.63) is 42.4 Å². The predicted molar refractivity (Wildman–Crippen MR) is 61.9 cm³/mol. The Morgan fingerprint density at radius 2 is 2.06 bits per heavy atom. The fraction of sp³-hybridized carbons (Fsp3) is 0.167. The van der Waals surface area contributed by atoms with Gasteiger partial charge in [0.25, 0.3) is 0 Å². The highest BCUT2D eigenvalue weighted by atomic mass is 16.5. The molecule has 0 atom stereocenters. The summed E-state index contributed by atoms with van der Waals surface area (Å²) in [5.41, 5.74) is 8.19. The van der Waals surface area contributed by atoms with Crippen LogP contribution in [0.3, 0.4) is 0 Å². The van der Waals surface area contributed by atoms with E-state index < -0.39 is 0 Å². The van der Waals surface area contributed by atoms with Gasteiger partial charge in [-0.2, -0.15) is 0 Å². The lowest BCUT2D eigenvalue weighted by Crippen LogP contribution is -2.03. The Bertz CT molecular complexity index is 485. The van der Waals surface area contributed by atoms with E-state index in [1.165, 1.54) is 0 Å². The Balaban J connectivity index is 2.49. The number of nitrogens with two attached hydrogens (primary N) is 1. The van der Waals surface area contributed by atoms with Crippen LogP contribution in [0, 0.1) is 0 Å². The van der Waals surface area contributed by atoms with Crippen molar-refractivity contribution in [2.24, 2.45) is 5.73 Å². The SMILES string of the molecule is COc1cccc(-c2nccnc2CN)c1. The molecule has 0 amide bonds. The van der Waals surface area contributed by atoms with Gasteiger partial charge in [-0.05, 0) is 12.1 Å². The van der Waals surface area contributed by atoms with E-state index in [1.807, 2.05) is 24.3 Å². The Morgan fingerprint density at radius 1 is 1.25 bits per heavy atom. The van der Waals surface area contributed by atoms with Gasteiger partial charge < -0.3 is 10.5 Å². The van der Waals surface area contributed by atoms with Gasteiger partial charge in [-0.15, -0.1) is 0 Å². The zero-order valence-corrected chi connectivity index (χ0v) is 9.05. The van der Waals surface area contributed by atoms with Crippen molar-refractivity contribution in [2.75, 3.05) is 7.11 Å². The molecule has 0 aliphatic carbocycles. The Morgan fingerprint density at radius 3 is 2.81 bits per heavy atom. The van der Waals surface area contributed by atoms with Gasteiger partial charge in [0, 0.05) is 24.5 Å². The van der Waals surface area contributed by atoms with Gasteiger partial charge in [0.15, 0.2) is 0 Å². The standard InChI is InChI=1S/C12H13N3O/c1-16-10-4-2-3-9(7-10)12-11(8-13)14-5-6-15-12/h2-7H,8,13H2,1H3. The normalized spacial score (nSPS) is 10.1. The third-order valence-corrected chi connectivity index (χ3v) is 2.31. The number of hydrogen-bond acceptors (Lipinski definition) is 4. The van der Waals surface area contributed by atoms with Gasteiger partial charge in [-0.1, -0.05) is 12.1 Å². The first-order valence-electron chi connectivity index (χ1n) is 4.99. The molecule has 0 saturated heterocycles. The largest absolute Gasteiger partial charge is 0.497 e. The van der Waals surface area contributed by atoms with E-state index in [0.29, 0.717) is 6.54 Å². The lowest BCUT2D eigenvalue weighted by molar-refractivity contribution is 0.415. The molecule has 16 heavy (non-hydrogen) atoms. The van der Waals surface area contributed by atoms with Gasteiger partial charge in [0.2, 0.25) is 0 Å². The van der Waals surface area contributed by atoms with Crippen LogP contribution in [0.5, 0.6) is 5.75 Å². The summed E-state index contributed by atoms with van der Waals surface area (Å²) in [7, 11) is 1.64. The van der Waals surface area contributed by atoms with Crippen LogP contribution >= 0.6 is 0 Å². The second-order valence-corrected chi connectivity index (χ2v) is 3.29. The van der Waals surface area contributed by atoms with E-state index >= 15 is 0 Å². The fourth-order valence-electron chi connectivity index (χ4n) is 1.53. The van der Waals surface area contributed by atoms with Crippen molar-refractivity contribution in [1.29, 1.82) is 0 Å². The summed E-state index contributed by atoms with van der Waals surface area (Å²) in [6, 6.07) is 7.69. The summed E-state index contributed by atoms with van der Waals surface area (Å²) in [5.74, 6) is 0.797. The molecule has 0 bridgehead atoms. The molecule has 1 heterocycles.